The van der Waals surface area contributed by atoms with Crippen molar-refractivity contribution in [1.82, 2.24) is 10.6 Å². The highest BCUT2D eigenvalue weighted by atomic mass is 16.8. The molecule has 2 saturated heterocycles. The third-order valence-electron chi connectivity index (χ3n) is 11.3. The van der Waals surface area contributed by atoms with Crippen LogP contribution in [-0.2, 0) is 30.2 Å². The van der Waals surface area contributed by atoms with E-state index in [1.165, 1.54) is 18.3 Å². The molecule has 0 bridgehead atoms. The predicted molar refractivity (Wildman–Crippen MR) is 214 cm³/mol. The molecule has 3 aromatic rings. The average molecular weight is 902 g/mol. The molecule has 2 fully saturated rings. The van der Waals surface area contributed by atoms with Gasteiger partial charge in [-0.2, -0.15) is 0 Å². The minimum absolute atomic E-state index is 0.00355. The van der Waals surface area contributed by atoms with Gasteiger partial charge in [-0.3, -0.25) is 4.79 Å². The Morgan fingerprint density at radius 2 is 1.62 bits per heavy atom. The molecule has 64 heavy (non-hydrogen) atoms. The highest BCUT2D eigenvalue weighted by Crippen LogP contribution is 2.51. The fourth-order valence-corrected chi connectivity index (χ4v) is 7.89. The smallest absolute Gasteiger partial charge is 0.340 e. The number of aliphatic carboxylic acids is 1. The van der Waals surface area contributed by atoms with E-state index >= 15 is 0 Å². The number of phenolic OH excluding ortho intramolecular Hbond substituents is 3. The van der Waals surface area contributed by atoms with E-state index in [-0.39, 0.29) is 71.5 Å². The van der Waals surface area contributed by atoms with Crippen molar-refractivity contribution in [2.24, 2.45) is 5.73 Å². The van der Waals surface area contributed by atoms with E-state index < -0.39 is 120 Å². The number of unbranched alkanes of at least 4 members (excludes halogenated alkanes) is 1. The number of aliphatic hydroxyl groups is 8. The van der Waals surface area contributed by atoms with Crippen molar-refractivity contribution in [3.63, 3.8) is 0 Å². The van der Waals surface area contributed by atoms with Crippen LogP contribution < -0.4 is 26.5 Å². The number of rotatable bonds is 12. The molecule has 1 spiro atoms. The molecule has 5 heterocycles. The molecule has 0 amide bonds. The Kier molecular flexibility index (Phi) is 13.2. The van der Waals surface area contributed by atoms with Gasteiger partial charge in [-0.25, -0.2) is 9.59 Å². The van der Waals surface area contributed by atoms with Crippen LogP contribution in [0.15, 0.2) is 69.2 Å². The number of nitrogens with two attached hydrogens (primary N) is 1. The van der Waals surface area contributed by atoms with Gasteiger partial charge in [0.25, 0.3) is 5.79 Å². The van der Waals surface area contributed by atoms with E-state index in [0.29, 0.717) is 5.57 Å². The summed E-state index contributed by atoms with van der Waals surface area (Å²) < 4.78 is 28.9. The van der Waals surface area contributed by atoms with Crippen LogP contribution in [0.5, 0.6) is 23.0 Å². The Bertz CT molecular complexity index is 2440. The Labute approximate surface area is 360 Å². The van der Waals surface area contributed by atoms with E-state index in [1.807, 2.05) is 0 Å². The number of hydrogen-bond donors (Lipinski definition) is 15. The molecule has 0 saturated carbocycles. The zero-order chi connectivity index (χ0) is 46.4. The minimum Gasteiger partial charge on any atom is -0.507 e. The third kappa shape index (κ3) is 8.34. The zero-order valence-corrected chi connectivity index (χ0v) is 33.4. The van der Waals surface area contributed by atoms with Gasteiger partial charge in [0.1, 0.15) is 58.7 Å². The summed E-state index contributed by atoms with van der Waals surface area (Å²) in [7, 11) is 0. The second kappa shape index (κ2) is 18.3. The number of esters is 1. The monoisotopic (exact) mass is 901 g/mol. The van der Waals surface area contributed by atoms with E-state index in [0.717, 1.165) is 18.2 Å². The van der Waals surface area contributed by atoms with Crippen molar-refractivity contribution in [3.8, 4) is 34.3 Å². The summed E-state index contributed by atoms with van der Waals surface area (Å²) >= 11 is 0. The maximum Gasteiger partial charge on any atom is 0.340 e. The first-order valence-electron chi connectivity index (χ1n) is 19.9. The number of carboxylic acids is 1. The SMILES string of the molecule is NC1C=CC(C2C=C(NCCCCO)C3(Oc4cc5oc(-c6cc(O)c(O)c(CCO)c6)cc(=O)c5c(O)c42)OC(C(=O)OC2OC(C(=O)O)C(O)C(O)C2O)C(O)C(O)C3O)=CN1. The quantitative estimate of drug-likeness (QED) is 0.0483. The molecule has 12 atom stereocenters. The summed E-state index contributed by atoms with van der Waals surface area (Å²) in [5.74, 6) is -9.93. The Morgan fingerprint density at radius 3 is 2.30 bits per heavy atom. The molecule has 23 nitrogen and oxygen atoms in total. The summed E-state index contributed by atoms with van der Waals surface area (Å²) in [6.07, 6.45) is -14.8. The number of aliphatic hydroxyl groups excluding tert-OH is 8. The molecule has 16 N–H and O–H groups in total. The van der Waals surface area contributed by atoms with Gasteiger partial charge in [0.15, 0.2) is 35.2 Å². The lowest BCUT2D eigenvalue weighted by molar-refractivity contribution is -0.325. The van der Waals surface area contributed by atoms with Crippen LogP contribution >= 0.6 is 0 Å². The fraction of sp³-hybridized carbons (Fsp3) is 0.439. The number of aromatic hydroxyl groups is 3. The maximum atomic E-state index is 14.0. The van der Waals surface area contributed by atoms with E-state index in [2.05, 4.69) is 10.6 Å². The number of carboxylic acid groups (broad SMARTS) is 1. The number of hydrogen-bond acceptors (Lipinski definition) is 22. The van der Waals surface area contributed by atoms with Crippen molar-refractivity contribution >= 4 is 22.9 Å². The number of dihydropyridines is 1. The van der Waals surface area contributed by atoms with Crippen molar-refractivity contribution in [1.29, 1.82) is 0 Å². The standard InChI is InChI=1S/C41H47N3O20/c42-25-4-3-16(14-44-25)18-11-24(43-6-1-2-7-45)41(37(56)33(54)32(53)36(64-41)39(59)62-40-34(55)30(51)31(52)35(61-40)38(57)58)63-23-13-22-27(29(50)26(18)23)19(47)12-21(60-22)17-9-15(5-8-46)28(49)20(48)10-17/h3-4,9-14,18,25,30-37,40,43-46,48-56H,1-2,5-8,42H2,(H,57,58). The molecule has 0 radical (unpaired) electrons. The lowest BCUT2D eigenvalue weighted by Gasteiger charge is -2.48. The van der Waals surface area contributed by atoms with Gasteiger partial charge >= 0.3 is 11.9 Å². The second-order valence-corrected chi connectivity index (χ2v) is 15.5. The van der Waals surface area contributed by atoms with Gasteiger partial charge in [-0.15, -0.1) is 0 Å². The number of allylic oxidation sites excluding steroid dienone is 3. The number of fused-ring (bicyclic) bond motifs is 2. The lowest BCUT2D eigenvalue weighted by Crippen LogP contribution is -2.70. The van der Waals surface area contributed by atoms with Gasteiger partial charge in [0.2, 0.25) is 6.29 Å². The third-order valence-corrected chi connectivity index (χ3v) is 11.3. The van der Waals surface area contributed by atoms with Crippen LogP contribution in [-0.4, -0.2) is 160 Å². The Hall–Kier alpha value is -5.83. The molecule has 1 aromatic heterocycles. The molecular formula is C41H47N3O20. The minimum atomic E-state index is -2.82. The van der Waals surface area contributed by atoms with Crippen LogP contribution in [0, 0.1) is 0 Å². The fourth-order valence-electron chi connectivity index (χ4n) is 7.89. The molecule has 4 aliphatic heterocycles. The van der Waals surface area contributed by atoms with Crippen LogP contribution in [0.1, 0.15) is 29.9 Å². The van der Waals surface area contributed by atoms with Crippen molar-refractivity contribution in [2.45, 2.75) is 92.3 Å². The maximum absolute atomic E-state index is 14.0. The molecule has 12 unspecified atom stereocenters. The first kappa shape index (κ1) is 46.2. The van der Waals surface area contributed by atoms with Gasteiger partial charge in [-0.05, 0) is 49.1 Å². The number of carbonyl (C=O) groups is 2. The van der Waals surface area contributed by atoms with Gasteiger partial charge in [0.05, 0.1) is 11.9 Å². The van der Waals surface area contributed by atoms with Crippen LogP contribution in [0.2, 0.25) is 0 Å². The second-order valence-electron chi connectivity index (χ2n) is 15.5. The average Bonchev–Trinajstić information content (AvgIpc) is 3.39. The molecule has 7 rings (SSSR count). The van der Waals surface area contributed by atoms with E-state index in [4.69, 9.17) is 29.1 Å². The first-order chi connectivity index (χ1) is 30.4. The summed E-state index contributed by atoms with van der Waals surface area (Å²) in [5, 5.41) is 133. The number of phenols is 3. The summed E-state index contributed by atoms with van der Waals surface area (Å²) in [5.41, 5.74) is 4.94. The molecule has 2 aromatic carbocycles. The molecule has 0 aliphatic carbocycles. The number of benzene rings is 2. The van der Waals surface area contributed by atoms with Crippen molar-refractivity contribution in [2.75, 3.05) is 19.8 Å². The van der Waals surface area contributed by atoms with Gasteiger partial charge in [0, 0.05) is 60.7 Å². The van der Waals surface area contributed by atoms with Crippen molar-refractivity contribution < 1.29 is 94.2 Å². The number of nitrogens with one attached hydrogen (secondary N) is 2. The highest BCUT2D eigenvalue weighted by Gasteiger charge is 2.62. The normalized spacial score (nSPS) is 31.2. The molecular weight excluding hydrogens is 854 g/mol. The first-order valence-corrected chi connectivity index (χ1v) is 19.9. The molecule has 23 heteroatoms. The predicted octanol–water partition coefficient (Wildman–Crippen LogP) is -3.23. The van der Waals surface area contributed by atoms with Crippen LogP contribution in [0.25, 0.3) is 22.3 Å². The molecule has 4 aliphatic rings. The van der Waals surface area contributed by atoms with Crippen LogP contribution in [0.3, 0.4) is 0 Å². The van der Waals surface area contributed by atoms with Gasteiger partial charge in [-0.1, -0.05) is 6.08 Å². The van der Waals surface area contributed by atoms with E-state index in [9.17, 15) is 75.7 Å². The van der Waals surface area contributed by atoms with E-state index in [1.54, 1.807) is 12.2 Å². The lowest BCUT2D eigenvalue weighted by atomic mass is 9.85. The summed E-state index contributed by atoms with van der Waals surface area (Å²) in [6, 6.07) is 4.57. The van der Waals surface area contributed by atoms with Crippen molar-refractivity contribution in [3.05, 3.63) is 81.3 Å². The number of carbonyl (C=O) groups excluding carboxylic acids is 1. The Balaban J connectivity index is 1.40. The highest BCUT2D eigenvalue weighted by molar-refractivity contribution is 5.89. The van der Waals surface area contributed by atoms with Crippen LogP contribution in [0.4, 0.5) is 0 Å². The summed E-state index contributed by atoms with van der Waals surface area (Å²) in [6.45, 7) is -0.640. The zero-order valence-electron chi connectivity index (χ0n) is 33.4. The largest absolute Gasteiger partial charge is 0.507 e. The topological polar surface area (TPSA) is 394 Å². The Morgan fingerprint density at radius 1 is 0.891 bits per heavy atom. The van der Waals surface area contributed by atoms with Gasteiger partial charge < -0.3 is 101 Å². The molecule has 346 valence electrons. The number of ether oxygens (including phenoxy) is 4. The summed E-state index contributed by atoms with van der Waals surface area (Å²) in [4.78, 5) is 39.6.